The van der Waals surface area contributed by atoms with Crippen LogP contribution in [0.1, 0.15) is 46.0 Å². The van der Waals surface area contributed by atoms with E-state index in [4.69, 9.17) is 10.5 Å². The molecule has 0 saturated heterocycles. The van der Waals surface area contributed by atoms with Gasteiger partial charge < -0.3 is 15.8 Å². The largest absolute Gasteiger partial charge is 0.487 e. The van der Waals surface area contributed by atoms with E-state index in [1.807, 2.05) is 6.92 Å². The maximum atomic E-state index is 5.83. The molecule has 5 heteroatoms. The van der Waals surface area contributed by atoms with Crippen molar-refractivity contribution in [3.63, 3.8) is 0 Å². The Hall–Kier alpha value is -0.970. The molecule has 2 rings (SSSR count). The highest BCUT2D eigenvalue weighted by Gasteiger charge is 2.25. The fraction of sp³-hybridized carbons (Fsp3) is 0.769. The number of rotatable bonds is 5. The zero-order chi connectivity index (χ0) is 13.0. The van der Waals surface area contributed by atoms with Gasteiger partial charge in [-0.05, 0) is 37.2 Å². The Morgan fingerprint density at radius 2 is 2.17 bits per heavy atom. The lowest BCUT2D eigenvalue weighted by molar-refractivity contribution is 0.314. The lowest BCUT2D eigenvalue weighted by Gasteiger charge is -2.31. The van der Waals surface area contributed by atoms with Crippen molar-refractivity contribution in [2.24, 2.45) is 5.92 Å². The predicted molar refractivity (Wildman–Crippen MR) is 77.4 cm³/mol. The summed E-state index contributed by atoms with van der Waals surface area (Å²) >= 11 is 1.41. The number of nitrogens with one attached hydrogen (secondary N) is 1. The van der Waals surface area contributed by atoms with Gasteiger partial charge >= 0.3 is 0 Å². The third-order valence-electron chi connectivity index (χ3n) is 3.71. The van der Waals surface area contributed by atoms with E-state index in [-0.39, 0.29) is 0 Å². The first kappa shape index (κ1) is 13.5. The summed E-state index contributed by atoms with van der Waals surface area (Å²) in [5.74, 6) is 2.01. The molecule has 1 fully saturated rings. The Bertz CT molecular complexity index is 380. The van der Waals surface area contributed by atoms with Gasteiger partial charge in [0.2, 0.25) is 0 Å². The average molecular weight is 269 g/mol. The fourth-order valence-electron chi connectivity index (χ4n) is 2.72. The number of hydrogen-bond acceptors (Lipinski definition) is 5. The molecule has 1 aliphatic rings. The zero-order valence-corrected chi connectivity index (χ0v) is 12.1. The number of nitrogens with two attached hydrogens (primary N) is 1. The molecule has 102 valence electrons. The minimum absolute atomic E-state index is 0.508. The zero-order valence-electron chi connectivity index (χ0n) is 11.2. The van der Waals surface area contributed by atoms with Crippen LogP contribution >= 0.6 is 11.5 Å². The van der Waals surface area contributed by atoms with Gasteiger partial charge in [-0.2, -0.15) is 4.37 Å². The summed E-state index contributed by atoms with van der Waals surface area (Å²) in [6.45, 7) is 4.87. The quantitative estimate of drug-likeness (QED) is 0.859. The molecule has 2 unspecified atom stereocenters. The van der Waals surface area contributed by atoms with Crippen LogP contribution in [0.15, 0.2) is 0 Å². The summed E-state index contributed by atoms with van der Waals surface area (Å²) in [4.78, 5) is 0. The van der Waals surface area contributed by atoms with Crippen LogP contribution in [0.2, 0.25) is 0 Å². The number of hydrogen-bond donors (Lipinski definition) is 2. The maximum absolute atomic E-state index is 5.83. The summed E-state index contributed by atoms with van der Waals surface area (Å²) < 4.78 is 9.76. The van der Waals surface area contributed by atoms with Crippen molar-refractivity contribution in [3.8, 4) is 5.75 Å². The Balaban J connectivity index is 2.07. The second-order valence-electron chi connectivity index (χ2n) is 4.86. The molecule has 0 radical (unpaired) electrons. The van der Waals surface area contributed by atoms with Gasteiger partial charge in [0.15, 0.2) is 16.6 Å². The van der Waals surface area contributed by atoms with E-state index in [1.54, 1.807) is 0 Å². The molecule has 4 nitrogen and oxygen atoms in total. The third kappa shape index (κ3) is 2.88. The van der Waals surface area contributed by atoms with Crippen molar-refractivity contribution in [3.05, 3.63) is 0 Å². The molecule has 3 N–H and O–H groups in total. The van der Waals surface area contributed by atoms with Crippen molar-refractivity contribution in [1.29, 1.82) is 0 Å². The van der Waals surface area contributed by atoms with E-state index >= 15 is 0 Å². The van der Waals surface area contributed by atoms with Crippen LogP contribution in [0.5, 0.6) is 5.75 Å². The van der Waals surface area contributed by atoms with Gasteiger partial charge in [-0.25, -0.2) is 0 Å². The van der Waals surface area contributed by atoms with Crippen molar-refractivity contribution in [2.75, 3.05) is 17.7 Å². The Morgan fingerprint density at radius 1 is 1.39 bits per heavy atom. The SMILES string of the molecule is CCOc1c(N)nsc1NC1CCCCC1CC. The molecule has 2 atom stereocenters. The summed E-state index contributed by atoms with van der Waals surface area (Å²) in [5, 5.41) is 4.61. The monoisotopic (exact) mass is 269 g/mol. The van der Waals surface area contributed by atoms with Gasteiger partial charge in [-0.3, -0.25) is 0 Å². The summed E-state index contributed by atoms with van der Waals surface area (Å²) in [7, 11) is 0. The van der Waals surface area contributed by atoms with Crippen LogP contribution < -0.4 is 15.8 Å². The molecule has 0 bridgehead atoms. The van der Waals surface area contributed by atoms with Gasteiger partial charge in [0.1, 0.15) is 0 Å². The third-order valence-corrected chi connectivity index (χ3v) is 4.49. The number of nitrogens with zero attached hydrogens (tertiary/aromatic N) is 1. The molecule has 0 amide bonds. The lowest BCUT2D eigenvalue weighted by atomic mass is 9.83. The molecule has 0 spiro atoms. The van der Waals surface area contributed by atoms with E-state index in [2.05, 4.69) is 16.6 Å². The van der Waals surface area contributed by atoms with Gasteiger partial charge in [-0.1, -0.05) is 26.2 Å². The van der Waals surface area contributed by atoms with Crippen molar-refractivity contribution >= 4 is 22.4 Å². The summed E-state index contributed by atoms with van der Waals surface area (Å²) in [5.41, 5.74) is 5.83. The van der Waals surface area contributed by atoms with E-state index in [9.17, 15) is 0 Å². The molecule has 1 aliphatic carbocycles. The predicted octanol–water partition coefficient (Wildman–Crippen LogP) is 3.50. The summed E-state index contributed by atoms with van der Waals surface area (Å²) in [6.07, 6.45) is 6.47. The molecule has 1 saturated carbocycles. The highest BCUT2D eigenvalue weighted by Crippen LogP contribution is 2.38. The minimum Gasteiger partial charge on any atom is -0.487 e. The van der Waals surface area contributed by atoms with Crippen LogP contribution in [-0.4, -0.2) is 17.0 Å². The van der Waals surface area contributed by atoms with Crippen molar-refractivity contribution < 1.29 is 4.74 Å². The Morgan fingerprint density at radius 3 is 2.89 bits per heavy atom. The number of aromatic nitrogens is 1. The molecule has 1 aromatic heterocycles. The van der Waals surface area contributed by atoms with Gasteiger partial charge in [0, 0.05) is 6.04 Å². The van der Waals surface area contributed by atoms with Crippen LogP contribution in [0.25, 0.3) is 0 Å². The van der Waals surface area contributed by atoms with E-state index in [0.717, 1.165) is 16.7 Å². The minimum atomic E-state index is 0.508. The first-order valence-corrected chi connectivity index (χ1v) is 7.68. The van der Waals surface area contributed by atoms with E-state index < -0.39 is 0 Å². The highest BCUT2D eigenvalue weighted by atomic mass is 32.1. The van der Waals surface area contributed by atoms with Crippen molar-refractivity contribution in [1.82, 2.24) is 4.37 Å². The van der Waals surface area contributed by atoms with Crippen LogP contribution in [-0.2, 0) is 0 Å². The first-order valence-electron chi connectivity index (χ1n) is 6.90. The molecule has 1 heterocycles. The Kier molecular flexibility index (Phi) is 4.69. The van der Waals surface area contributed by atoms with Gasteiger partial charge in [0.25, 0.3) is 0 Å². The standard InChI is InChI=1S/C13H23N3OS/c1-3-9-7-5-6-8-10(9)15-13-11(17-4-2)12(14)16-18-13/h9-10,15H,3-8H2,1-2H3,(H2,14,16). The average Bonchev–Trinajstić information content (AvgIpc) is 2.73. The van der Waals surface area contributed by atoms with Crippen LogP contribution in [0.4, 0.5) is 10.8 Å². The summed E-state index contributed by atoms with van der Waals surface area (Å²) in [6, 6.07) is 0.544. The van der Waals surface area contributed by atoms with Gasteiger partial charge in [0.05, 0.1) is 6.61 Å². The van der Waals surface area contributed by atoms with Crippen LogP contribution in [0.3, 0.4) is 0 Å². The molecule has 18 heavy (non-hydrogen) atoms. The maximum Gasteiger partial charge on any atom is 0.197 e. The van der Waals surface area contributed by atoms with E-state index in [0.29, 0.717) is 18.5 Å². The number of anilines is 2. The molecule has 0 aromatic carbocycles. The molecule has 0 aliphatic heterocycles. The normalized spacial score (nSPS) is 23.9. The fourth-order valence-corrected chi connectivity index (χ4v) is 3.45. The molecule has 1 aromatic rings. The van der Waals surface area contributed by atoms with Crippen LogP contribution in [0, 0.1) is 5.92 Å². The topological polar surface area (TPSA) is 60.2 Å². The second-order valence-corrected chi connectivity index (χ2v) is 5.64. The molecular weight excluding hydrogens is 246 g/mol. The highest BCUT2D eigenvalue weighted by molar-refractivity contribution is 7.11. The van der Waals surface area contributed by atoms with Gasteiger partial charge in [-0.15, -0.1) is 0 Å². The Labute approximate surface area is 113 Å². The number of ether oxygens (including phenoxy) is 1. The lowest BCUT2D eigenvalue weighted by Crippen LogP contribution is -2.31. The first-order chi connectivity index (χ1) is 8.76. The number of nitrogen functional groups attached to an aromatic ring is 1. The second kappa shape index (κ2) is 6.27. The van der Waals surface area contributed by atoms with Crippen molar-refractivity contribution in [2.45, 2.75) is 52.0 Å². The molecular formula is C13H23N3OS. The smallest absolute Gasteiger partial charge is 0.197 e. The van der Waals surface area contributed by atoms with E-state index in [1.165, 1.54) is 43.6 Å².